The molecule has 1 fully saturated rings. The van der Waals surface area contributed by atoms with Crippen molar-refractivity contribution in [2.45, 2.75) is 32.1 Å². The van der Waals surface area contributed by atoms with E-state index in [1.165, 1.54) is 11.3 Å². The third kappa shape index (κ3) is 2.77. The highest BCUT2D eigenvalue weighted by atomic mass is 16.2. The molecule has 1 aliphatic rings. The second kappa shape index (κ2) is 6.27. The molecule has 1 N–H and O–H groups in total. The number of hydrogen-bond donors (Lipinski definition) is 1. The fourth-order valence-corrected chi connectivity index (χ4v) is 3.58. The maximum atomic E-state index is 12.9. The average Bonchev–Trinajstić information content (AvgIpc) is 3.27. The van der Waals surface area contributed by atoms with E-state index >= 15 is 0 Å². The lowest BCUT2D eigenvalue weighted by Crippen LogP contribution is -2.39. The maximum absolute atomic E-state index is 12.9. The summed E-state index contributed by atoms with van der Waals surface area (Å²) in [5.41, 5.74) is 4.29. The van der Waals surface area contributed by atoms with Crippen molar-refractivity contribution in [2.24, 2.45) is 7.05 Å². The quantitative estimate of drug-likeness (QED) is 0.783. The molecule has 3 aromatic heterocycles. The molecule has 25 heavy (non-hydrogen) atoms. The maximum Gasteiger partial charge on any atom is 0.255 e. The van der Waals surface area contributed by atoms with Crippen molar-refractivity contribution in [1.82, 2.24) is 35.1 Å². The van der Waals surface area contributed by atoms with Crippen molar-refractivity contribution in [1.29, 1.82) is 0 Å². The Balaban J connectivity index is 1.56. The van der Waals surface area contributed by atoms with Crippen LogP contribution in [0.2, 0.25) is 0 Å². The molecule has 0 spiro atoms. The fourth-order valence-electron chi connectivity index (χ4n) is 3.58. The van der Waals surface area contributed by atoms with E-state index in [1.807, 2.05) is 11.1 Å². The molecule has 1 saturated heterocycles. The van der Waals surface area contributed by atoms with Gasteiger partial charge in [-0.2, -0.15) is 5.10 Å². The Morgan fingerprint density at radius 2 is 2.28 bits per heavy atom. The largest absolute Gasteiger partial charge is 0.338 e. The Kier molecular flexibility index (Phi) is 3.95. The molecule has 8 nitrogen and oxygen atoms in total. The number of carbonyl (C=O) groups excluding carboxylic acids is 1. The number of fused-ring (bicyclic) bond motifs is 1. The lowest BCUT2D eigenvalue weighted by molar-refractivity contribution is 0.0705. The summed E-state index contributed by atoms with van der Waals surface area (Å²) in [7, 11) is 1.79. The van der Waals surface area contributed by atoms with Gasteiger partial charge in [0.05, 0.1) is 11.8 Å². The minimum atomic E-state index is 0.00215. The minimum absolute atomic E-state index is 0.00215. The van der Waals surface area contributed by atoms with Gasteiger partial charge in [-0.05, 0) is 30.9 Å². The average molecular weight is 339 g/mol. The molecular weight excluding hydrogens is 318 g/mol. The number of aryl methyl sites for hydroxylation is 2. The molecule has 0 aromatic carbocycles. The number of nitrogens with one attached hydrogen (secondary N) is 1. The molecular formula is C17H21N7O. The number of hydrogen-bond acceptors (Lipinski definition) is 5. The second-order valence-electron chi connectivity index (χ2n) is 6.53. The zero-order valence-corrected chi connectivity index (χ0v) is 14.4. The topological polar surface area (TPSA) is 92.6 Å². The number of pyridine rings is 1. The molecule has 3 aromatic rings. The first-order chi connectivity index (χ1) is 12.2. The van der Waals surface area contributed by atoms with Gasteiger partial charge in [-0.15, -0.1) is 5.10 Å². The third-order valence-electron chi connectivity index (χ3n) is 4.94. The second-order valence-corrected chi connectivity index (χ2v) is 6.53. The van der Waals surface area contributed by atoms with Crippen LogP contribution in [-0.4, -0.2) is 54.1 Å². The summed E-state index contributed by atoms with van der Waals surface area (Å²) in [5, 5.41) is 15.3. The number of likely N-dealkylation sites (tertiary alicyclic amines) is 1. The molecule has 0 bridgehead atoms. The Morgan fingerprint density at radius 1 is 1.40 bits per heavy atom. The highest BCUT2D eigenvalue weighted by Gasteiger charge is 2.28. The van der Waals surface area contributed by atoms with E-state index in [9.17, 15) is 4.79 Å². The van der Waals surface area contributed by atoms with Crippen molar-refractivity contribution in [3.05, 3.63) is 35.3 Å². The summed E-state index contributed by atoms with van der Waals surface area (Å²) in [6.07, 6.45) is 6.51. The van der Waals surface area contributed by atoms with Crippen LogP contribution in [0.1, 0.15) is 47.3 Å². The van der Waals surface area contributed by atoms with E-state index in [1.54, 1.807) is 24.0 Å². The van der Waals surface area contributed by atoms with Crippen LogP contribution in [0.3, 0.4) is 0 Å². The van der Waals surface area contributed by atoms with E-state index in [-0.39, 0.29) is 5.91 Å². The van der Waals surface area contributed by atoms with Gasteiger partial charge in [0.15, 0.2) is 5.65 Å². The first kappa shape index (κ1) is 15.7. The zero-order valence-electron chi connectivity index (χ0n) is 14.4. The number of H-pyrrole nitrogens is 1. The summed E-state index contributed by atoms with van der Waals surface area (Å²) < 4.78 is 1.60. The zero-order chi connectivity index (χ0) is 17.4. The van der Waals surface area contributed by atoms with Crippen LogP contribution in [0.5, 0.6) is 0 Å². The van der Waals surface area contributed by atoms with Crippen LogP contribution in [0.4, 0.5) is 0 Å². The number of aromatic nitrogens is 6. The molecule has 1 aliphatic heterocycles. The van der Waals surface area contributed by atoms with Crippen molar-refractivity contribution >= 4 is 17.1 Å². The van der Waals surface area contributed by atoms with Gasteiger partial charge in [0.2, 0.25) is 0 Å². The van der Waals surface area contributed by atoms with Gasteiger partial charge in [0.1, 0.15) is 5.52 Å². The van der Waals surface area contributed by atoms with Gasteiger partial charge in [-0.25, -0.2) is 9.67 Å². The lowest BCUT2D eigenvalue weighted by Gasteiger charge is -2.32. The van der Waals surface area contributed by atoms with Crippen LogP contribution < -0.4 is 0 Å². The first-order valence-corrected chi connectivity index (χ1v) is 8.64. The van der Waals surface area contributed by atoms with Gasteiger partial charge in [0.25, 0.3) is 5.91 Å². The number of piperidine rings is 1. The van der Waals surface area contributed by atoms with Crippen molar-refractivity contribution in [3.8, 4) is 0 Å². The SMILES string of the molecule is CCc1cn[nH]c1C1CCCN(C(=O)c2cnc3c(c2)nnn3C)C1. The van der Waals surface area contributed by atoms with Gasteiger partial charge < -0.3 is 4.90 Å². The molecule has 0 saturated carbocycles. The summed E-state index contributed by atoms with van der Waals surface area (Å²) in [4.78, 5) is 19.2. The summed E-state index contributed by atoms with van der Waals surface area (Å²) >= 11 is 0. The standard InChI is InChI=1S/C17H21N7O/c1-3-11-9-19-21-15(11)12-5-4-6-24(10-12)17(25)13-7-14-16(18-8-13)23(2)22-20-14/h7-9,12H,3-6,10H2,1-2H3,(H,19,21). The molecule has 1 unspecified atom stereocenters. The first-order valence-electron chi connectivity index (χ1n) is 8.64. The van der Waals surface area contributed by atoms with E-state index in [0.29, 0.717) is 29.2 Å². The monoisotopic (exact) mass is 339 g/mol. The minimum Gasteiger partial charge on any atom is -0.338 e. The smallest absolute Gasteiger partial charge is 0.255 e. The number of carbonyl (C=O) groups is 1. The van der Waals surface area contributed by atoms with E-state index in [4.69, 9.17) is 0 Å². The third-order valence-corrected chi connectivity index (χ3v) is 4.94. The van der Waals surface area contributed by atoms with Gasteiger partial charge >= 0.3 is 0 Å². The molecule has 8 heteroatoms. The van der Waals surface area contributed by atoms with Crippen LogP contribution >= 0.6 is 0 Å². The molecule has 1 atom stereocenters. The number of nitrogens with zero attached hydrogens (tertiary/aromatic N) is 6. The normalized spacial score (nSPS) is 18.0. The molecule has 0 radical (unpaired) electrons. The van der Waals surface area contributed by atoms with Crippen LogP contribution in [0.25, 0.3) is 11.2 Å². The van der Waals surface area contributed by atoms with Gasteiger partial charge in [0, 0.05) is 37.9 Å². The van der Waals surface area contributed by atoms with Crippen LogP contribution in [-0.2, 0) is 13.5 Å². The number of aromatic amines is 1. The van der Waals surface area contributed by atoms with Crippen LogP contribution in [0, 0.1) is 0 Å². The number of rotatable bonds is 3. The van der Waals surface area contributed by atoms with E-state index in [2.05, 4.69) is 32.4 Å². The molecule has 4 rings (SSSR count). The molecule has 4 heterocycles. The Bertz CT molecular complexity index is 913. The molecule has 1 amide bonds. The van der Waals surface area contributed by atoms with E-state index < -0.39 is 0 Å². The molecule has 130 valence electrons. The summed E-state index contributed by atoms with van der Waals surface area (Å²) in [6.45, 7) is 3.60. The van der Waals surface area contributed by atoms with Crippen molar-refractivity contribution in [2.75, 3.05) is 13.1 Å². The Hall–Kier alpha value is -2.77. The Labute approximate surface area is 145 Å². The molecule has 0 aliphatic carbocycles. The summed E-state index contributed by atoms with van der Waals surface area (Å²) in [5.74, 6) is 0.311. The predicted octanol–water partition coefficient (Wildman–Crippen LogP) is 1.67. The van der Waals surface area contributed by atoms with Crippen molar-refractivity contribution < 1.29 is 4.79 Å². The van der Waals surface area contributed by atoms with Gasteiger partial charge in [-0.3, -0.25) is 9.89 Å². The van der Waals surface area contributed by atoms with Crippen molar-refractivity contribution in [3.63, 3.8) is 0 Å². The highest BCUT2D eigenvalue weighted by molar-refractivity contribution is 5.96. The van der Waals surface area contributed by atoms with E-state index in [0.717, 1.165) is 25.8 Å². The number of amides is 1. The lowest BCUT2D eigenvalue weighted by atomic mass is 9.91. The predicted molar refractivity (Wildman–Crippen MR) is 92.1 cm³/mol. The summed E-state index contributed by atoms with van der Waals surface area (Å²) in [6, 6.07) is 1.77. The Morgan fingerprint density at radius 3 is 3.12 bits per heavy atom. The van der Waals surface area contributed by atoms with Gasteiger partial charge in [-0.1, -0.05) is 12.1 Å². The highest BCUT2D eigenvalue weighted by Crippen LogP contribution is 2.29. The van der Waals surface area contributed by atoms with Crippen LogP contribution in [0.15, 0.2) is 18.5 Å². The fraction of sp³-hybridized carbons (Fsp3) is 0.471.